The van der Waals surface area contributed by atoms with Gasteiger partial charge in [0.2, 0.25) is 0 Å². The van der Waals surface area contributed by atoms with E-state index in [-0.39, 0.29) is 5.97 Å². The summed E-state index contributed by atoms with van der Waals surface area (Å²) >= 11 is 1.47. The van der Waals surface area contributed by atoms with E-state index in [4.69, 9.17) is 4.74 Å². The van der Waals surface area contributed by atoms with Crippen LogP contribution in [0.3, 0.4) is 0 Å². The van der Waals surface area contributed by atoms with E-state index in [1.807, 2.05) is 0 Å². The van der Waals surface area contributed by atoms with Crippen LogP contribution in [0.5, 0.6) is 0 Å². The zero-order chi connectivity index (χ0) is 9.19. The van der Waals surface area contributed by atoms with Crippen molar-refractivity contribution in [3.63, 3.8) is 0 Å². The summed E-state index contributed by atoms with van der Waals surface area (Å²) in [4.78, 5) is 11.3. The van der Waals surface area contributed by atoms with E-state index in [0.717, 1.165) is 5.75 Å². The highest BCUT2D eigenvalue weighted by Gasteiger charge is 2.43. The van der Waals surface area contributed by atoms with Crippen LogP contribution in [0.4, 0.5) is 0 Å². The summed E-state index contributed by atoms with van der Waals surface area (Å²) in [6, 6.07) is 0. The highest BCUT2D eigenvalue weighted by Crippen LogP contribution is 2.36. The molecule has 0 amide bonds. The Morgan fingerprint density at radius 3 is 2.92 bits per heavy atom. The van der Waals surface area contributed by atoms with E-state index in [1.54, 1.807) is 13.8 Å². The lowest BCUT2D eigenvalue weighted by atomic mass is 9.99. The van der Waals surface area contributed by atoms with Gasteiger partial charge >= 0.3 is 5.97 Å². The molecule has 0 radical (unpaired) electrons. The summed E-state index contributed by atoms with van der Waals surface area (Å²) in [6.45, 7) is 3.84. The Kier molecular flexibility index (Phi) is 3.01. The zero-order valence-corrected chi connectivity index (χ0v) is 8.19. The van der Waals surface area contributed by atoms with E-state index >= 15 is 0 Å². The van der Waals surface area contributed by atoms with Gasteiger partial charge in [-0.25, -0.2) is 0 Å². The number of carbonyl (C=O) groups excluding carboxylic acids is 1. The van der Waals surface area contributed by atoms with Crippen molar-refractivity contribution in [3.05, 3.63) is 0 Å². The highest BCUT2D eigenvalue weighted by molar-refractivity contribution is 8.00. The van der Waals surface area contributed by atoms with Gasteiger partial charge in [0.15, 0.2) is 0 Å². The Balaban J connectivity index is 2.56. The Morgan fingerprint density at radius 1 is 1.83 bits per heavy atom. The number of hydrogen-bond donors (Lipinski definition) is 1. The van der Waals surface area contributed by atoms with Crippen LogP contribution in [0.1, 0.15) is 20.3 Å². The molecule has 0 unspecified atom stereocenters. The van der Waals surface area contributed by atoms with Crippen molar-refractivity contribution in [2.45, 2.75) is 31.1 Å². The standard InChI is InChI=1S/C8H14O3S/c1-3-11-7(9)6-8(2,10)4-5-12-6/h6,10H,3-5H2,1-2H3/t6-,8-/m0/s1. The van der Waals surface area contributed by atoms with Crippen LogP contribution in [-0.4, -0.2) is 34.3 Å². The Hall–Kier alpha value is -0.220. The molecule has 0 spiro atoms. The van der Waals surface area contributed by atoms with Crippen LogP contribution in [-0.2, 0) is 9.53 Å². The molecular formula is C8H14O3S. The fraction of sp³-hybridized carbons (Fsp3) is 0.875. The third-order valence-corrected chi connectivity index (χ3v) is 3.43. The second-order valence-electron chi connectivity index (χ2n) is 3.11. The fourth-order valence-corrected chi connectivity index (χ4v) is 2.68. The predicted octanol–water partition coefficient (Wildman–Crippen LogP) is 0.806. The average Bonchev–Trinajstić information content (AvgIpc) is 2.30. The van der Waals surface area contributed by atoms with Gasteiger partial charge in [-0.3, -0.25) is 4.79 Å². The molecule has 0 aliphatic carbocycles. The summed E-state index contributed by atoms with van der Waals surface area (Å²) in [5, 5.41) is 9.34. The van der Waals surface area contributed by atoms with Gasteiger partial charge in [0.25, 0.3) is 0 Å². The summed E-state index contributed by atoms with van der Waals surface area (Å²) in [5.74, 6) is 0.543. The highest BCUT2D eigenvalue weighted by atomic mass is 32.2. The molecule has 2 atom stereocenters. The van der Waals surface area contributed by atoms with Crippen LogP contribution in [0, 0.1) is 0 Å². The molecule has 1 N–H and O–H groups in total. The Bertz CT molecular complexity index is 179. The van der Waals surface area contributed by atoms with Gasteiger partial charge in [0.05, 0.1) is 12.2 Å². The number of rotatable bonds is 2. The lowest BCUT2D eigenvalue weighted by Crippen LogP contribution is -2.39. The maximum Gasteiger partial charge on any atom is 0.322 e. The maximum atomic E-state index is 11.3. The predicted molar refractivity (Wildman–Crippen MR) is 48.1 cm³/mol. The van der Waals surface area contributed by atoms with Crippen LogP contribution in [0.25, 0.3) is 0 Å². The van der Waals surface area contributed by atoms with E-state index in [0.29, 0.717) is 13.0 Å². The molecule has 1 heterocycles. The first-order valence-electron chi connectivity index (χ1n) is 4.08. The summed E-state index contributed by atoms with van der Waals surface area (Å²) in [6.07, 6.45) is 0.668. The Labute approximate surface area is 76.5 Å². The lowest BCUT2D eigenvalue weighted by Gasteiger charge is -2.22. The van der Waals surface area contributed by atoms with Crippen LogP contribution in [0.15, 0.2) is 0 Å². The molecule has 4 heteroatoms. The summed E-state index contributed by atoms with van der Waals surface area (Å²) < 4.78 is 4.84. The first-order valence-corrected chi connectivity index (χ1v) is 5.13. The molecule has 1 fully saturated rings. The number of aliphatic hydroxyl groups is 1. The second kappa shape index (κ2) is 3.66. The van der Waals surface area contributed by atoms with Crippen molar-refractivity contribution in [3.8, 4) is 0 Å². The normalized spacial score (nSPS) is 35.1. The number of thioether (sulfide) groups is 1. The largest absolute Gasteiger partial charge is 0.465 e. The van der Waals surface area contributed by atoms with Gasteiger partial charge in [-0.15, -0.1) is 11.8 Å². The first-order chi connectivity index (χ1) is 5.58. The minimum absolute atomic E-state index is 0.287. The number of carbonyl (C=O) groups is 1. The maximum absolute atomic E-state index is 11.3. The van der Waals surface area contributed by atoms with Gasteiger partial charge < -0.3 is 9.84 Å². The van der Waals surface area contributed by atoms with Crippen molar-refractivity contribution >= 4 is 17.7 Å². The molecule has 1 rings (SSSR count). The van der Waals surface area contributed by atoms with E-state index < -0.39 is 10.9 Å². The molecule has 0 aromatic heterocycles. The fourth-order valence-electron chi connectivity index (χ4n) is 1.23. The summed E-state index contributed by atoms with van der Waals surface area (Å²) in [7, 11) is 0. The molecule has 0 bridgehead atoms. The average molecular weight is 190 g/mol. The molecule has 1 aliphatic heterocycles. The molecule has 12 heavy (non-hydrogen) atoms. The molecule has 1 aliphatic rings. The van der Waals surface area contributed by atoms with Crippen LogP contribution in [0.2, 0.25) is 0 Å². The van der Waals surface area contributed by atoms with Gasteiger partial charge in [0.1, 0.15) is 5.25 Å². The zero-order valence-electron chi connectivity index (χ0n) is 7.37. The van der Waals surface area contributed by atoms with E-state index in [9.17, 15) is 9.90 Å². The van der Waals surface area contributed by atoms with E-state index in [1.165, 1.54) is 11.8 Å². The third-order valence-electron chi connectivity index (χ3n) is 1.96. The summed E-state index contributed by atoms with van der Waals surface area (Å²) in [5.41, 5.74) is -0.878. The van der Waals surface area contributed by atoms with Crippen molar-refractivity contribution < 1.29 is 14.6 Å². The van der Waals surface area contributed by atoms with Crippen molar-refractivity contribution in [2.75, 3.05) is 12.4 Å². The monoisotopic (exact) mass is 190 g/mol. The van der Waals surface area contributed by atoms with Crippen molar-refractivity contribution in [1.82, 2.24) is 0 Å². The molecule has 0 saturated carbocycles. The third kappa shape index (κ3) is 1.93. The van der Waals surface area contributed by atoms with Gasteiger partial charge in [-0.05, 0) is 26.0 Å². The first kappa shape index (κ1) is 9.86. The number of hydrogen-bond acceptors (Lipinski definition) is 4. The molecule has 0 aromatic rings. The van der Waals surface area contributed by atoms with Crippen LogP contribution < -0.4 is 0 Å². The second-order valence-corrected chi connectivity index (χ2v) is 4.32. The van der Waals surface area contributed by atoms with E-state index in [2.05, 4.69) is 0 Å². The molecule has 70 valence electrons. The minimum Gasteiger partial charge on any atom is -0.465 e. The molecular weight excluding hydrogens is 176 g/mol. The smallest absolute Gasteiger partial charge is 0.322 e. The van der Waals surface area contributed by atoms with Gasteiger partial charge in [-0.1, -0.05) is 0 Å². The Morgan fingerprint density at radius 2 is 2.50 bits per heavy atom. The molecule has 1 saturated heterocycles. The van der Waals surface area contributed by atoms with Gasteiger partial charge in [-0.2, -0.15) is 0 Å². The SMILES string of the molecule is CCOC(=O)[C@@H]1SCC[C@]1(C)O. The minimum atomic E-state index is -0.878. The van der Waals surface area contributed by atoms with Crippen molar-refractivity contribution in [1.29, 1.82) is 0 Å². The van der Waals surface area contributed by atoms with Gasteiger partial charge in [0, 0.05) is 0 Å². The number of ether oxygens (including phenoxy) is 1. The van der Waals surface area contributed by atoms with Crippen LogP contribution >= 0.6 is 11.8 Å². The lowest BCUT2D eigenvalue weighted by molar-refractivity contribution is -0.146. The van der Waals surface area contributed by atoms with Crippen molar-refractivity contribution in [2.24, 2.45) is 0 Å². The number of esters is 1. The quantitative estimate of drug-likeness (QED) is 0.654. The molecule has 3 nitrogen and oxygen atoms in total. The molecule has 0 aromatic carbocycles. The topological polar surface area (TPSA) is 46.5 Å².